The summed E-state index contributed by atoms with van der Waals surface area (Å²) in [6, 6.07) is 17.3. The van der Waals surface area contributed by atoms with Gasteiger partial charge in [-0.25, -0.2) is 5.43 Å². The Kier molecular flexibility index (Phi) is 7.70. The SMILES string of the molecule is O=C(CSc1nnc(SCc2ccccc2Cl)s1)N/N=C\c1ccccc1. The Labute approximate surface area is 174 Å². The molecule has 0 radical (unpaired) electrons. The van der Waals surface area contributed by atoms with Crippen LogP contribution >= 0.6 is 46.5 Å². The summed E-state index contributed by atoms with van der Waals surface area (Å²) in [5.41, 5.74) is 4.49. The summed E-state index contributed by atoms with van der Waals surface area (Å²) in [4.78, 5) is 11.9. The molecule has 1 aromatic heterocycles. The molecule has 0 aliphatic carbocycles. The summed E-state index contributed by atoms with van der Waals surface area (Å²) in [5.74, 6) is 0.775. The first-order valence-electron chi connectivity index (χ1n) is 7.90. The zero-order valence-electron chi connectivity index (χ0n) is 14.0. The highest BCUT2D eigenvalue weighted by Gasteiger charge is 2.09. The van der Waals surface area contributed by atoms with E-state index < -0.39 is 0 Å². The lowest BCUT2D eigenvalue weighted by atomic mass is 10.2. The number of carbonyl (C=O) groups is 1. The van der Waals surface area contributed by atoms with Crippen molar-refractivity contribution >= 4 is 58.6 Å². The van der Waals surface area contributed by atoms with E-state index in [0.29, 0.717) is 0 Å². The molecular weight excluding hydrogens is 420 g/mol. The third kappa shape index (κ3) is 6.66. The third-order valence-electron chi connectivity index (χ3n) is 3.23. The maximum absolute atomic E-state index is 11.9. The molecule has 0 unspecified atom stereocenters. The van der Waals surface area contributed by atoms with Crippen molar-refractivity contribution in [1.82, 2.24) is 15.6 Å². The second-order valence-electron chi connectivity index (χ2n) is 5.21. The molecule has 9 heteroatoms. The van der Waals surface area contributed by atoms with E-state index in [9.17, 15) is 4.79 Å². The highest BCUT2D eigenvalue weighted by molar-refractivity contribution is 8.03. The monoisotopic (exact) mass is 434 g/mol. The number of hydrogen-bond donors (Lipinski definition) is 1. The predicted octanol–water partition coefficient (Wildman–Crippen LogP) is 4.73. The number of nitrogens with zero attached hydrogens (tertiary/aromatic N) is 3. The van der Waals surface area contributed by atoms with Crippen molar-refractivity contribution in [2.75, 3.05) is 5.75 Å². The molecule has 1 amide bonds. The molecule has 0 bridgehead atoms. The van der Waals surface area contributed by atoms with Gasteiger partial charge in [-0.2, -0.15) is 5.10 Å². The fourth-order valence-electron chi connectivity index (χ4n) is 1.95. The van der Waals surface area contributed by atoms with Gasteiger partial charge in [-0.05, 0) is 17.2 Å². The zero-order chi connectivity index (χ0) is 18.9. The second kappa shape index (κ2) is 10.5. The fraction of sp³-hybridized carbons (Fsp3) is 0.111. The van der Waals surface area contributed by atoms with Crippen LogP contribution in [0, 0.1) is 0 Å². The first-order chi connectivity index (χ1) is 13.2. The van der Waals surface area contributed by atoms with E-state index in [1.807, 2.05) is 54.6 Å². The van der Waals surface area contributed by atoms with Crippen LogP contribution < -0.4 is 5.43 Å². The first-order valence-corrected chi connectivity index (χ1v) is 11.1. The van der Waals surface area contributed by atoms with E-state index in [2.05, 4.69) is 20.7 Å². The number of thioether (sulfide) groups is 2. The van der Waals surface area contributed by atoms with Crippen LogP contribution in [0.5, 0.6) is 0 Å². The maximum atomic E-state index is 11.9. The highest BCUT2D eigenvalue weighted by Crippen LogP contribution is 2.32. The van der Waals surface area contributed by atoms with Crippen LogP contribution in [0.1, 0.15) is 11.1 Å². The van der Waals surface area contributed by atoms with E-state index in [1.165, 1.54) is 23.1 Å². The summed E-state index contributed by atoms with van der Waals surface area (Å²) >= 11 is 10.5. The van der Waals surface area contributed by atoms with E-state index in [-0.39, 0.29) is 11.7 Å². The predicted molar refractivity (Wildman–Crippen MR) is 114 cm³/mol. The minimum absolute atomic E-state index is 0.187. The number of benzene rings is 2. The number of carbonyl (C=O) groups excluding carboxylic acids is 1. The normalized spacial score (nSPS) is 11.0. The average Bonchev–Trinajstić information content (AvgIpc) is 3.14. The maximum Gasteiger partial charge on any atom is 0.250 e. The van der Waals surface area contributed by atoms with Crippen LogP contribution in [-0.4, -0.2) is 28.1 Å². The molecule has 3 rings (SSSR count). The quantitative estimate of drug-likeness (QED) is 0.315. The van der Waals surface area contributed by atoms with Crippen LogP contribution in [-0.2, 0) is 10.5 Å². The van der Waals surface area contributed by atoms with Gasteiger partial charge < -0.3 is 0 Å². The zero-order valence-corrected chi connectivity index (χ0v) is 17.2. The molecule has 27 heavy (non-hydrogen) atoms. The number of aromatic nitrogens is 2. The van der Waals surface area contributed by atoms with Crippen molar-refractivity contribution in [2.45, 2.75) is 14.4 Å². The van der Waals surface area contributed by atoms with E-state index in [4.69, 9.17) is 11.6 Å². The van der Waals surface area contributed by atoms with Gasteiger partial charge in [0.05, 0.1) is 12.0 Å². The highest BCUT2D eigenvalue weighted by atomic mass is 35.5. The number of hydrogen-bond acceptors (Lipinski definition) is 7. The van der Waals surface area contributed by atoms with Gasteiger partial charge in [0.25, 0.3) is 5.91 Å². The summed E-state index contributed by atoms with van der Waals surface area (Å²) in [5, 5.41) is 12.9. The first kappa shape index (κ1) is 19.9. The van der Waals surface area contributed by atoms with Crippen molar-refractivity contribution in [3.63, 3.8) is 0 Å². The number of nitrogens with one attached hydrogen (secondary N) is 1. The largest absolute Gasteiger partial charge is 0.272 e. The lowest BCUT2D eigenvalue weighted by Gasteiger charge is -2.00. The van der Waals surface area contributed by atoms with E-state index in [1.54, 1.807) is 18.0 Å². The molecule has 0 saturated heterocycles. The summed E-state index contributed by atoms with van der Waals surface area (Å²) in [7, 11) is 0. The van der Waals surface area contributed by atoms with Gasteiger partial charge in [0.2, 0.25) is 0 Å². The topological polar surface area (TPSA) is 67.2 Å². The van der Waals surface area contributed by atoms with Crippen LogP contribution in [0.4, 0.5) is 0 Å². The van der Waals surface area contributed by atoms with Gasteiger partial charge in [-0.15, -0.1) is 10.2 Å². The van der Waals surface area contributed by atoms with Crippen LogP contribution in [0.2, 0.25) is 5.02 Å². The molecule has 2 aromatic carbocycles. The minimum Gasteiger partial charge on any atom is -0.272 e. The number of rotatable bonds is 8. The van der Waals surface area contributed by atoms with Gasteiger partial charge in [-0.1, -0.05) is 95.0 Å². The van der Waals surface area contributed by atoms with Crippen molar-refractivity contribution < 1.29 is 4.79 Å². The van der Waals surface area contributed by atoms with Crippen LogP contribution in [0.3, 0.4) is 0 Å². The lowest BCUT2D eigenvalue weighted by Crippen LogP contribution is -2.19. The van der Waals surface area contributed by atoms with Crippen LogP contribution in [0.15, 0.2) is 68.4 Å². The third-order valence-corrected chi connectivity index (χ3v) is 6.83. The molecule has 138 valence electrons. The van der Waals surface area contributed by atoms with Gasteiger partial charge in [0.1, 0.15) is 0 Å². The molecule has 0 saturated carbocycles. The molecule has 1 heterocycles. The molecule has 0 aliphatic rings. The summed E-state index contributed by atoms with van der Waals surface area (Å²) in [6.45, 7) is 0. The second-order valence-corrected chi connectivity index (χ2v) is 9.04. The van der Waals surface area contributed by atoms with E-state index in [0.717, 1.165) is 30.6 Å². The smallest absolute Gasteiger partial charge is 0.250 e. The van der Waals surface area contributed by atoms with Crippen molar-refractivity contribution in [2.24, 2.45) is 5.10 Å². The average molecular weight is 435 g/mol. The Balaban J connectivity index is 1.42. The van der Waals surface area contributed by atoms with E-state index >= 15 is 0 Å². The molecule has 0 aliphatic heterocycles. The Morgan fingerprint density at radius 3 is 2.56 bits per heavy atom. The van der Waals surface area contributed by atoms with Crippen LogP contribution in [0.25, 0.3) is 0 Å². The Bertz CT molecular complexity index is 918. The number of halogens is 1. The van der Waals surface area contributed by atoms with Gasteiger partial charge in [-0.3, -0.25) is 4.79 Å². The molecule has 0 spiro atoms. The molecule has 1 N–H and O–H groups in total. The molecule has 5 nitrogen and oxygen atoms in total. The van der Waals surface area contributed by atoms with Gasteiger partial charge in [0, 0.05) is 10.8 Å². The fourth-order valence-corrected chi connectivity index (χ4v) is 5.04. The standard InChI is InChI=1S/C18H15ClN4OS3/c19-15-9-5-4-8-14(15)11-25-17-22-23-18(27-17)26-12-16(24)21-20-10-13-6-2-1-3-7-13/h1-10H,11-12H2,(H,21,24)/b20-10-. The molecule has 0 atom stereocenters. The Morgan fingerprint density at radius 1 is 1.07 bits per heavy atom. The molecule has 0 fully saturated rings. The van der Waals surface area contributed by atoms with Crippen molar-refractivity contribution in [3.05, 3.63) is 70.7 Å². The van der Waals surface area contributed by atoms with Gasteiger partial charge in [0.15, 0.2) is 8.68 Å². The van der Waals surface area contributed by atoms with Crippen molar-refractivity contribution in [1.29, 1.82) is 0 Å². The minimum atomic E-state index is -0.187. The number of amides is 1. The Hall–Kier alpha value is -1.87. The molecule has 3 aromatic rings. The summed E-state index contributed by atoms with van der Waals surface area (Å²) in [6.07, 6.45) is 1.61. The van der Waals surface area contributed by atoms with Gasteiger partial charge >= 0.3 is 0 Å². The summed E-state index contributed by atoms with van der Waals surface area (Å²) < 4.78 is 1.60. The number of hydrazone groups is 1. The Morgan fingerprint density at radius 2 is 1.78 bits per heavy atom. The van der Waals surface area contributed by atoms with Crippen molar-refractivity contribution in [3.8, 4) is 0 Å². The molecular formula is C18H15ClN4OS3. The lowest BCUT2D eigenvalue weighted by molar-refractivity contribution is -0.118.